The number of pyridine rings is 1. The number of hydrogen-bond acceptors (Lipinski definition) is 8. The molecule has 0 spiro atoms. The van der Waals surface area contributed by atoms with E-state index in [1.165, 1.54) is 33.4 Å². The zero-order valence-corrected chi connectivity index (χ0v) is 20.8. The molecule has 0 aromatic carbocycles. The van der Waals surface area contributed by atoms with Crippen LogP contribution in [0.25, 0.3) is 0 Å². The van der Waals surface area contributed by atoms with Crippen molar-refractivity contribution in [3.63, 3.8) is 0 Å². The summed E-state index contributed by atoms with van der Waals surface area (Å²) in [6.07, 6.45) is 12.1. The van der Waals surface area contributed by atoms with Gasteiger partial charge >= 0.3 is 5.97 Å². The predicted molar refractivity (Wildman–Crippen MR) is 133 cm³/mol. The normalized spacial score (nSPS) is 17.2. The van der Waals surface area contributed by atoms with E-state index < -0.39 is 12.1 Å². The molecule has 1 aliphatic rings. The highest BCUT2D eigenvalue weighted by atomic mass is 32.2. The molecule has 2 aromatic heterocycles. The minimum absolute atomic E-state index is 0.00880. The number of carboxylic acids is 1. The van der Waals surface area contributed by atoms with Gasteiger partial charge in [0, 0.05) is 41.4 Å². The van der Waals surface area contributed by atoms with Crippen molar-refractivity contribution in [2.24, 2.45) is 0 Å². The van der Waals surface area contributed by atoms with Gasteiger partial charge in [-0.1, -0.05) is 36.8 Å². The van der Waals surface area contributed by atoms with Crippen molar-refractivity contribution in [3.05, 3.63) is 47.8 Å². The van der Waals surface area contributed by atoms with Crippen molar-refractivity contribution in [2.45, 2.75) is 59.9 Å². The van der Waals surface area contributed by atoms with Crippen LogP contribution in [-0.4, -0.2) is 67.2 Å². The Balaban J connectivity index is 1.32. The standard InChI is InChI=1S/C23H29N3O4S3/c27-18(5-2-1-3-13-31-19-6-4-11-24-15-19)9-7-17-8-10-21(28)26(17)12-14-32-23-25-20(16-33-23)22(29)30/h4,6-7,9,11,15-18,27H,1-3,5,8,10,12-14H2,(H,29,30)/b9-7+/t17-,18-/m0/s1. The van der Waals surface area contributed by atoms with Crippen molar-refractivity contribution in [1.82, 2.24) is 14.9 Å². The number of thiazole rings is 1. The fourth-order valence-electron chi connectivity index (χ4n) is 3.51. The number of aromatic nitrogens is 2. The second-order valence-corrected chi connectivity index (χ2v) is 11.1. The summed E-state index contributed by atoms with van der Waals surface area (Å²) in [5.74, 6) is 0.798. The van der Waals surface area contributed by atoms with E-state index >= 15 is 0 Å². The topological polar surface area (TPSA) is 104 Å². The summed E-state index contributed by atoms with van der Waals surface area (Å²) in [5.41, 5.74) is 0.0572. The summed E-state index contributed by atoms with van der Waals surface area (Å²) < 4.78 is 0.695. The maximum absolute atomic E-state index is 12.3. The van der Waals surface area contributed by atoms with Crippen LogP contribution in [0.1, 0.15) is 49.0 Å². The van der Waals surface area contributed by atoms with Crippen LogP contribution in [0.5, 0.6) is 0 Å². The first-order chi connectivity index (χ1) is 16.0. The molecule has 0 unspecified atom stereocenters. The molecule has 7 nitrogen and oxygen atoms in total. The minimum atomic E-state index is -1.03. The molecule has 0 saturated carbocycles. The van der Waals surface area contributed by atoms with E-state index in [0.29, 0.717) is 23.1 Å². The van der Waals surface area contributed by atoms with Crippen LogP contribution >= 0.6 is 34.9 Å². The SMILES string of the molecule is O=C(O)c1csc(SCCN2C(=O)CC[C@@H]2/C=C/[C@@H](O)CCCCCSc2cccnc2)n1. The zero-order valence-electron chi connectivity index (χ0n) is 18.3. The molecule has 0 radical (unpaired) electrons. The molecule has 1 aliphatic heterocycles. The Morgan fingerprint density at radius 3 is 2.94 bits per heavy atom. The van der Waals surface area contributed by atoms with Crippen molar-refractivity contribution >= 4 is 46.7 Å². The summed E-state index contributed by atoms with van der Waals surface area (Å²) in [7, 11) is 0. The molecular weight excluding hydrogens is 478 g/mol. The predicted octanol–water partition coefficient (Wildman–Crippen LogP) is 4.59. The number of aliphatic hydroxyl groups is 1. The van der Waals surface area contributed by atoms with Crippen molar-refractivity contribution in [2.75, 3.05) is 18.1 Å². The third kappa shape index (κ3) is 8.77. The summed E-state index contributed by atoms with van der Waals surface area (Å²) >= 11 is 4.57. The lowest BCUT2D eigenvalue weighted by molar-refractivity contribution is -0.128. The van der Waals surface area contributed by atoms with Gasteiger partial charge in [-0.15, -0.1) is 23.1 Å². The van der Waals surface area contributed by atoms with Gasteiger partial charge in [-0.25, -0.2) is 9.78 Å². The molecule has 0 aliphatic carbocycles. The number of aromatic carboxylic acids is 1. The highest BCUT2D eigenvalue weighted by Gasteiger charge is 2.28. The van der Waals surface area contributed by atoms with Crippen LogP contribution < -0.4 is 0 Å². The molecule has 1 saturated heterocycles. The number of carbonyl (C=O) groups is 2. The number of carbonyl (C=O) groups excluding carboxylic acids is 1. The first kappa shape index (κ1) is 25.7. The minimum Gasteiger partial charge on any atom is -0.476 e. The molecule has 10 heteroatoms. The third-order valence-electron chi connectivity index (χ3n) is 5.24. The molecule has 33 heavy (non-hydrogen) atoms. The van der Waals surface area contributed by atoms with Crippen LogP contribution in [-0.2, 0) is 4.79 Å². The van der Waals surface area contributed by atoms with Crippen molar-refractivity contribution in [1.29, 1.82) is 0 Å². The van der Waals surface area contributed by atoms with E-state index in [0.717, 1.165) is 37.9 Å². The quantitative estimate of drug-likeness (QED) is 0.217. The lowest BCUT2D eigenvalue weighted by Gasteiger charge is -2.22. The van der Waals surface area contributed by atoms with Crippen molar-refractivity contribution < 1.29 is 19.8 Å². The number of rotatable bonds is 14. The van der Waals surface area contributed by atoms with Gasteiger partial charge in [0.25, 0.3) is 0 Å². The van der Waals surface area contributed by atoms with Gasteiger partial charge in [0.1, 0.15) is 0 Å². The molecule has 3 heterocycles. The Hall–Kier alpha value is -1.88. The van der Waals surface area contributed by atoms with Crippen LogP contribution in [0.4, 0.5) is 0 Å². The van der Waals surface area contributed by atoms with Crippen LogP contribution in [0.15, 0.2) is 51.3 Å². The van der Waals surface area contributed by atoms with E-state index in [4.69, 9.17) is 5.11 Å². The summed E-state index contributed by atoms with van der Waals surface area (Å²) in [4.78, 5) is 34.4. The van der Waals surface area contributed by atoms with Gasteiger partial charge in [0.05, 0.1) is 12.1 Å². The molecule has 2 atom stereocenters. The summed E-state index contributed by atoms with van der Waals surface area (Å²) in [6, 6.07) is 4.02. The Bertz CT molecular complexity index is 923. The molecule has 3 rings (SSSR count). The maximum atomic E-state index is 12.3. The molecule has 178 valence electrons. The van der Waals surface area contributed by atoms with Crippen LogP contribution in [0.3, 0.4) is 0 Å². The number of unbranched alkanes of at least 4 members (excludes halogenated alkanes) is 2. The van der Waals surface area contributed by atoms with E-state index in [1.54, 1.807) is 18.0 Å². The van der Waals surface area contributed by atoms with Crippen LogP contribution in [0.2, 0.25) is 0 Å². The second kappa shape index (κ2) is 13.7. The first-order valence-corrected chi connectivity index (χ1v) is 13.9. The van der Waals surface area contributed by atoms with Gasteiger partial charge in [-0.2, -0.15) is 0 Å². The van der Waals surface area contributed by atoms with Crippen molar-refractivity contribution in [3.8, 4) is 0 Å². The molecule has 1 amide bonds. The highest BCUT2D eigenvalue weighted by Crippen LogP contribution is 2.25. The van der Waals surface area contributed by atoms with E-state index in [1.807, 2.05) is 29.3 Å². The monoisotopic (exact) mass is 507 g/mol. The molecular formula is C23H29N3O4S3. The number of thioether (sulfide) groups is 2. The summed E-state index contributed by atoms with van der Waals surface area (Å²) in [6.45, 7) is 0.575. The van der Waals surface area contributed by atoms with Gasteiger partial charge in [0.15, 0.2) is 10.0 Å². The van der Waals surface area contributed by atoms with Gasteiger partial charge in [-0.05, 0) is 37.1 Å². The number of carboxylic acid groups (broad SMARTS) is 1. The number of amides is 1. The zero-order chi connectivity index (χ0) is 23.5. The van der Waals surface area contributed by atoms with Gasteiger partial charge in [-0.3, -0.25) is 9.78 Å². The summed E-state index contributed by atoms with van der Waals surface area (Å²) in [5, 5.41) is 20.8. The Morgan fingerprint density at radius 1 is 1.30 bits per heavy atom. The lowest BCUT2D eigenvalue weighted by atomic mass is 10.1. The Labute approximate surface area is 206 Å². The molecule has 2 aromatic rings. The Kier molecular flexibility index (Phi) is 10.7. The Morgan fingerprint density at radius 2 is 2.18 bits per heavy atom. The maximum Gasteiger partial charge on any atom is 0.355 e. The number of nitrogens with zero attached hydrogens (tertiary/aromatic N) is 3. The van der Waals surface area contributed by atoms with E-state index in [9.17, 15) is 14.7 Å². The average molecular weight is 508 g/mol. The number of hydrogen-bond donors (Lipinski definition) is 2. The third-order valence-corrected chi connectivity index (χ3v) is 8.31. The van der Waals surface area contributed by atoms with Gasteiger partial charge < -0.3 is 15.1 Å². The molecule has 2 N–H and O–H groups in total. The fraction of sp³-hybridized carbons (Fsp3) is 0.478. The number of aliphatic hydroxyl groups excluding tert-OH is 1. The lowest BCUT2D eigenvalue weighted by Crippen LogP contribution is -2.33. The first-order valence-electron chi connectivity index (χ1n) is 11.0. The van der Waals surface area contributed by atoms with Gasteiger partial charge in [0.2, 0.25) is 5.91 Å². The molecule has 0 bridgehead atoms. The van der Waals surface area contributed by atoms with Crippen LogP contribution in [0, 0.1) is 0 Å². The highest BCUT2D eigenvalue weighted by molar-refractivity contribution is 8.01. The smallest absolute Gasteiger partial charge is 0.355 e. The van der Waals surface area contributed by atoms with E-state index in [-0.39, 0.29) is 17.6 Å². The fourth-order valence-corrected chi connectivity index (χ4v) is 6.21. The largest absolute Gasteiger partial charge is 0.476 e. The second-order valence-electron chi connectivity index (χ2n) is 7.68. The van der Waals surface area contributed by atoms with E-state index in [2.05, 4.69) is 16.0 Å². The number of likely N-dealkylation sites (tertiary alicyclic amines) is 1. The molecule has 1 fully saturated rings. The average Bonchev–Trinajstić information content (AvgIpc) is 3.43.